The monoisotopic (exact) mass is 245 g/mol. The number of ether oxygens (including phenoxy) is 1. The Morgan fingerprint density at radius 2 is 2.44 bits per heavy atom. The van der Waals surface area contributed by atoms with Gasteiger partial charge in [-0.25, -0.2) is 4.98 Å². The minimum absolute atomic E-state index is 0.148. The molecular formula is C10H19N3O2S. The van der Waals surface area contributed by atoms with Gasteiger partial charge in [-0.1, -0.05) is 0 Å². The molecule has 0 spiro atoms. The Morgan fingerprint density at radius 1 is 1.69 bits per heavy atom. The number of nitrogens with zero attached hydrogens (tertiary/aromatic N) is 2. The molecule has 0 saturated carbocycles. The first-order valence-electron chi connectivity index (χ1n) is 5.20. The Bertz CT molecular complexity index is 341. The van der Waals surface area contributed by atoms with Gasteiger partial charge in [0.2, 0.25) is 5.95 Å². The van der Waals surface area contributed by atoms with Crippen molar-refractivity contribution in [2.75, 3.05) is 31.0 Å². The van der Waals surface area contributed by atoms with Crippen LogP contribution < -0.4 is 5.32 Å². The van der Waals surface area contributed by atoms with Crippen molar-refractivity contribution >= 4 is 16.7 Å². The van der Waals surface area contributed by atoms with Crippen molar-refractivity contribution in [1.82, 2.24) is 9.55 Å². The molecule has 0 aliphatic rings. The molecule has 0 aliphatic carbocycles. The van der Waals surface area contributed by atoms with Crippen LogP contribution in [0.2, 0.25) is 0 Å². The Hall–Kier alpha value is -0.880. The second-order valence-electron chi connectivity index (χ2n) is 3.72. The minimum Gasteiger partial charge on any atom is -0.383 e. The van der Waals surface area contributed by atoms with Crippen molar-refractivity contribution in [3.63, 3.8) is 0 Å². The van der Waals surface area contributed by atoms with Crippen LogP contribution in [0.4, 0.5) is 5.95 Å². The number of rotatable bonds is 7. The molecular weight excluding hydrogens is 226 g/mol. The Labute approximate surface area is 98.7 Å². The van der Waals surface area contributed by atoms with Crippen molar-refractivity contribution in [3.8, 4) is 0 Å². The summed E-state index contributed by atoms with van der Waals surface area (Å²) < 4.78 is 18.1. The van der Waals surface area contributed by atoms with Gasteiger partial charge in [-0.3, -0.25) is 4.21 Å². The van der Waals surface area contributed by atoms with Crippen molar-refractivity contribution < 1.29 is 8.95 Å². The predicted molar refractivity (Wildman–Crippen MR) is 66.1 cm³/mol. The second kappa shape index (κ2) is 6.65. The standard InChI is InChI=1S/C10H19N3O2S/c1-9(8-16(3)14)12-10-11-4-5-13(10)6-7-15-2/h4-5,9H,6-8H2,1-3H3,(H,11,12). The molecule has 92 valence electrons. The van der Waals surface area contributed by atoms with Crippen molar-refractivity contribution in [3.05, 3.63) is 12.4 Å². The van der Waals surface area contributed by atoms with Gasteiger partial charge in [-0.2, -0.15) is 0 Å². The third-order valence-electron chi connectivity index (χ3n) is 2.11. The molecule has 1 aromatic heterocycles. The smallest absolute Gasteiger partial charge is 0.203 e. The molecule has 2 unspecified atom stereocenters. The van der Waals surface area contributed by atoms with E-state index in [2.05, 4.69) is 10.3 Å². The molecule has 0 radical (unpaired) electrons. The summed E-state index contributed by atoms with van der Waals surface area (Å²) in [6, 6.07) is 0.148. The van der Waals surface area contributed by atoms with Gasteiger partial charge in [-0.15, -0.1) is 0 Å². The number of aromatic nitrogens is 2. The lowest BCUT2D eigenvalue weighted by Crippen LogP contribution is -2.24. The van der Waals surface area contributed by atoms with Gasteiger partial charge >= 0.3 is 0 Å². The average molecular weight is 245 g/mol. The van der Waals surface area contributed by atoms with Gasteiger partial charge in [0, 0.05) is 54.9 Å². The van der Waals surface area contributed by atoms with Gasteiger partial charge < -0.3 is 14.6 Å². The zero-order chi connectivity index (χ0) is 12.0. The molecule has 1 aromatic rings. The van der Waals surface area contributed by atoms with Gasteiger partial charge in [-0.05, 0) is 6.92 Å². The maximum absolute atomic E-state index is 11.1. The fourth-order valence-corrected chi connectivity index (χ4v) is 2.22. The van der Waals surface area contributed by atoms with E-state index >= 15 is 0 Å². The largest absolute Gasteiger partial charge is 0.383 e. The maximum atomic E-state index is 11.1. The molecule has 0 saturated heterocycles. The van der Waals surface area contributed by atoms with E-state index in [1.807, 2.05) is 17.7 Å². The highest BCUT2D eigenvalue weighted by atomic mass is 32.2. The Kier molecular flexibility index (Phi) is 5.48. The number of nitrogens with one attached hydrogen (secondary N) is 1. The first-order valence-corrected chi connectivity index (χ1v) is 6.93. The van der Waals surface area contributed by atoms with Gasteiger partial charge in [0.1, 0.15) is 0 Å². The lowest BCUT2D eigenvalue weighted by Gasteiger charge is -2.14. The first kappa shape index (κ1) is 13.2. The molecule has 16 heavy (non-hydrogen) atoms. The Balaban J connectivity index is 2.52. The van der Waals surface area contributed by atoms with Crippen LogP contribution in [0.1, 0.15) is 6.92 Å². The summed E-state index contributed by atoms with van der Waals surface area (Å²) in [4.78, 5) is 4.21. The summed E-state index contributed by atoms with van der Waals surface area (Å²) in [6.45, 7) is 3.41. The number of hydrogen-bond donors (Lipinski definition) is 1. The van der Waals surface area contributed by atoms with E-state index in [1.165, 1.54) is 0 Å². The summed E-state index contributed by atoms with van der Waals surface area (Å²) in [7, 11) is 0.880. The summed E-state index contributed by atoms with van der Waals surface area (Å²) in [5.41, 5.74) is 0. The van der Waals surface area contributed by atoms with Crippen molar-refractivity contribution in [1.29, 1.82) is 0 Å². The van der Waals surface area contributed by atoms with Crippen molar-refractivity contribution in [2.24, 2.45) is 0 Å². The first-order chi connectivity index (χ1) is 7.63. The SMILES string of the molecule is COCCn1ccnc1NC(C)CS(C)=O. The molecule has 0 aliphatic heterocycles. The van der Waals surface area contributed by atoms with Crippen molar-refractivity contribution in [2.45, 2.75) is 19.5 Å². The maximum Gasteiger partial charge on any atom is 0.203 e. The van der Waals surface area contributed by atoms with Crippen LogP contribution >= 0.6 is 0 Å². The lowest BCUT2D eigenvalue weighted by atomic mass is 10.4. The third kappa shape index (κ3) is 4.32. The van der Waals surface area contributed by atoms with Crippen LogP contribution in [0.5, 0.6) is 0 Å². The average Bonchev–Trinajstić information content (AvgIpc) is 2.61. The molecule has 1 rings (SSSR count). The molecule has 2 atom stereocenters. The summed E-state index contributed by atoms with van der Waals surface area (Å²) in [6.07, 6.45) is 5.35. The number of imidazole rings is 1. The molecule has 1 N–H and O–H groups in total. The van der Waals surface area contributed by atoms with E-state index in [0.717, 1.165) is 12.5 Å². The molecule has 1 heterocycles. The highest BCUT2D eigenvalue weighted by molar-refractivity contribution is 7.84. The normalized spacial score (nSPS) is 14.7. The fourth-order valence-electron chi connectivity index (χ4n) is 1.43. The van der Waals surface area contributed by atoms with E-state index in [4.69, 9.17) is 4.74 Å². The molecule has 0 bridgehead atoms. The number of hydrogen-bond acceptors (Lipinski definition) is 4. The third-order valence-corrected chi connectivity index (χ3v) is 3.08. The molecule has 0 amide bonds. The lowest BCUT2D eigenvalue weighted by molar-refractivity contribution is 0.187. The highest BCUT2D eigenvalue weighted by Gasteiger charge is 2.08. The van der Waals surface area contributed by atoms with Crippen LogP contribution in [0.3, 0.4) is 0 Å². The van der Waals surface area contributed by atoms with E-state index < -0.39 is 10.8 Å². The summed E-state index contributed by atoms with van der Waals surface area (Å²) in [5.74, 6) is 1.42. The van der Waals surface area contributed by atoms with E-state index in [9.17, 15) is 4.21 Å². The van der Waals surface area contributed by atoms with E-state index in [-0.39, 0.29) is 6.04 Å². The predicted octanol–water partition coefficient (Wildman–Crippen LogP) is 0.708. The van der Waals surface area contributed by atoms with Crippen LogP contribution in [0.15, 0.2) is 12.4 Å². The van der Waals surface area contributed by atoms with Crippen LogP contribution in [-0.4, -0.2) is 45.5 Å². The van der Waals surface area contributed by atoms with Gasteiger partial charge in [0.15, 0.2) is 0 Å². The zero-order valence-corrected chi connectivity index (χ0v) is 10.8. The fraction of sp³-hybridized carbons (Fsp3) is 0.700. The summed E-state index contributed by atoms with van der Waals surface area (Å²) >= 11 is 0. The number of methoxy groups -OCH3 is 1. The summed E-state index contributed by atoms with van der Waals surface area (Å²) in [5, 5.41) is 3.23. The van der Waals surface area contributed by atoms with Gasteiger partial charge in [0.25, 0.3) is 0 Å². The second-order valence-corrected chi connectivity index (χ2v) is 5.20. The minimum atomic E-state index is -0.793. The Morgan fingerprint density at radius 3 is 3.06 bits per heavy atom. The van der Waals surface area contributed by atoms with E-state index in [1.54, 1.807) is 19.6 Å². The van der Waals surface area contributed by atoms with E-state index in [0.29, 0.717) is 12.4 Å². The van der Waals surface area contributed by atoms with Crippen LogP contribution in [-0.2, 0) is 22.1 Å². The quantitative estimate of drug-likeness (QED) is 0.768. The molecule has 0 aromatic carbocycles. The van der Waals surface area contributed by atoms with Crippen LogP contribution in [0, 0.1) is 0 Å². The topological polar surface area (TPSA) is 56.1 Å². The highest BCUT2D eigenvalue weighted by Crippen LogP contribution is 2.06. The van der Waals surface area contributed by atoms with Crippen LogP contribution in [0.25, 0.3) is 0 Å². The number of anilines is 1. The van der Waals surface area contributed by atoms with Gasteiger partial charge in [0.05, 0.1) is 6.61 Å². The molecule has 5 nitrogen and oxygen atoms in total. The molecule has 0 fully saturated rings. The molecule has 6 heteroatoms. The zero-order valence-electron chi connectivity index (χ0n) is 9.97.